The Morgan fingerprint density at radius 3 is 2.40 bits per heavy atom. The van der Waals surface area contributed by atoms with Gasteiger partial charge in [0.05, 0.1) is 5.60 Å². The van der Waals surface area contributed by atoms with Gasteiger partial charge in [0.15, 0.2) is 5.82 Å². The van der Waals surface area contributed by atoms with Gasteiger partial charge >= 0.3 is 6.18 Å². The highest BCUT2D eigenvalue weighted by atomic mass is 19.4. The van der Waals surface area contributed by atoms with Crippen LogP contribution in [0.4, 0.5) is 35.1 Å². The number of nitrogens with one attached hydrogen (secondary N) is 2. The van der Waals surface area contributed by atoms with E-state index in [1.165, 1.54) is 24.4 Å². The van der Waals surface area contributed by atoms with Crippen LogP contribution < -0.4 is 10.6 Å². The van der Waals surface area contributed by atoms with Crippen LogP contribution in [-0.4, -0.2) is 42.2 Å². The fraction of sp³-hybridized carbons (Fsp3) is 0.278. The molecule has 0 unspecified atom stereocenters. The molecule has 0 atom stereocenters. The van der Waals surface area contributed by atoms with Crippen molar-refractivity contribution in [2.75, 3.05) is 17.2 Å². The summed E-state index contributed by atoms with van der Waals surface area (Å²) in [5.41, 5.74) is -2.08. The molecule has 0 radical (unpaired) electrons. The highest BCUT2D eigenvalue weighted by molar-refractivity contribution is 5.58. The van der Waals surface area contributed by atoms with Crippen molar-refractivity contribution in [3.05, 3.63) is 48.2 Å². The van der Waals surface area contributed by atoms with Crippen molar-refractivity contribution in [1.29, 1.82) is 0 Å². The minimum Gasteiger partial charge on any atom is -0.389 e. The van der Waals surface area contributed by atoms with Crippen molar-refractivity contribution in [1.82, 2.24) is 24.9 Å². The lowest BCUT2D eigenvalue weighted by molar-refractivity contribution is -0.141. The molecule has 158 valence electrons. The molecular weight excluding hydrogens is 406 g/mol. The number of nitrogens with zero attached hydrogens (tertiary/aromatic N) is 5. The second-order valence-electron chi connectivity index (χ2n) is 6.87. The van der Waals surface area contributed by atoms with Crippen LogP contribution in [0.2, 0.25) is 0 Å². The van der Waals surface area contributed by atoms with E-state index in [0.29, 0.717) is 0 Å². The zero-order valence-electron chi connectivity index (χ0n) is 15.9. The number of hydrogen-bond acceptors (Lipinski definition) is 8. The smallest absolute Gasteiger partial charge is 0.389 e. The summed E-state index contributed by atoms with van der Waals surface area (Å²) in [5, 5.41) is 15.4. The Balaban J connectivity index is 2.01. The van der Waals surface area contributed by atoms with Crippen molar-refractivity contribution in [3.63, 3.8) is 0 Å². The lowest BCUT2D eigenvalue weighted by atomic mass is 10.1. The van der Waals surface area contributed by atoms with E-state index >= 15 is 0 Å². The summed E-state index contributed by atoms with van der Waals surface area (Å²) in [4.78, 5) is 19.3. The molecule has 0 aliphatic carbocycles. The van der Waals surface area contributed by atoms with Gasteiger partial charge in [0, 0.05) is 24.5 Å². The number of aliphatic hydroxyl groups is 1. The Kier molecular flexibility index (Phi) is 5.78. The molecule has 30 heavy (non-hydrogen) atoms. The number of anilines is 3. The summed E-state index contributed by atoms with van der Waals surface area (Å²) in [5.74, 6) is -0.970. The van der Waals surface area contributed by atoms with Gasteiger partial charge in [0.2, 0.25) is 17.8 Å². The second kappa shape index (κ2) is 8.14. The number of alkyl halides is 3. The maximum atomic E-state index is 13.3. The average Bonchev–Trinajstić information content (AvgIpc) is 2.65. The van der Waals surface area contributed by atoms with Gasteiger partial charge < -0.3 is 15.7 Å². The SMILES string of the molecule is CC(C)(O)CNc1nc(Nc2ccnc(F)c2)nc(-c2cccc(C(F)(F)F)n2)n1. The van der Waals surface area contributed by atoms with Crippen molar-refractivity contribution in [2.24, 2.45) is 0 Å². The topological polar surface area (TPSA) is 109 Å². The lowest BCUT2D eigenvalue weighted by Crippen LogP contribution is -2.30. The van der Waals surface area contributed by atoms with Gasteiger partial charge in [-0.3, -0.25) is 0 Å². The Hall–Kier alpha value is -3.41. The number of rotatable bonds is 6. The predicted molar refractivity (Wildman–Crippen MR) is 100 cm³/mol. The van der Waals surface area contributed by atoms with E-state index in [0.717, 1.165) is 12.1 Å². The van der Waals surface area contributed by atoms with E-state index in [9.17, 15) is 22.7 Å². The predicted octanol–water partition coefficient (Wildman–Crippen LogP) is 3.41. The minimum atomic E-state index is -4.64. The summed E-state index contributed by atoms with van der Waals surface area (Å²) in [7, 11) is 0. The van der Waals surface area contributed by atoms with E-state index < -0.39 is 23.4 Å². The molecule has 0 saturated carbocycles. The van der Waals surface area contributed by atoms with E-state index in [1.54, 1.807) is 13.8 Å². The summed E-state index contributed by atoms with van der Waals surface area (Å²) < 4.78 is 52.4. The van der Waals surface area contributed by atoms with Crippen molar-refractivity contribution in [3.8, 4) is 11.5 Å². The van der Waals surface area contributed by atoms with Crippen LogP contribution in [0.1, 0.15) is 19.5 Å². The maximum Gasteiger partial charge on any atom is 0.433 e. The van der Waals surface area contributed by atoms with E-state index in [1.807, 2.05) is 0 Å². The van der Waals surface area contributed by atoms with Crippen LogP contribution in [0.25, 0.3) is 11.5 Å². The maximum absolute atomic E-state index is 13.3. The summed E-state index contributed by atoms with van der Waals surface area (Å²) >= 11 is 0. The third-order valence-electron chi connectivity index (χ3n) is 3.57. The largest absolute Gasteiger partial charge is 0.433 e. The molecular formula is C18H17F4N7O. The first-order valence-electron chi connectivity index (χ1n) is 8.65. The zero-order chi connectivity index (χ0) is 21.9. The zero-order valence-corrected chi connectivity index (χ0v) is 15.9. The van der Waals surface area contributed by atoms with Crippen molar-refractivity contribution in [2.45, 2.75) is 25.6 Å². The monoisotopic (exact) mass is 423 g/mol. The fourth-order valence-electron chi connectivity index (χ4n) is 2.25. The molecule has 3 heterocycles. The number of aromatic nitrogens is 5. The lowest BCUT2D eigenvalue weighted by Gasteiger charge is -2.18. The third-order valence-corrected chi connectivity index (χ3v) is 3.57. The third kappa shape index (κ3) is 5.80. The van der Waals surface area contributed by atoms with Crippen LogP contribution in [-0.2, 0) is 6.18 Å². The first-order chi connectivity index (χ1) is 14.0. The molecule has 0 saturated heterocycles. The Bertz CT molecular complexity index is 1040. The molecule has 3 rings (SSSR count). The van der Waals surface area contributed by atoms with Gasteiger partial charge in [-0.25, -0.2) is 9.97 Å². The standard InChI is InChI=1S/C18H17F4N7O/c1-17(2,30)9-24-15-27-14(11-4-3-5-12(26-11)18(20,21)22)28-16(29-15)25-10-6-7-23-13(19)8-10/h3-8,30H,9H2,1-2H3,(H2,23,24,25,27,28,29). The number of halogens is 4. The quantitative estimate of drug-likeness (QED) is 0.409. The molecule has 0 aliphatic rings. The van der Waals surface area contributed by atoms with Crippen LogP contribution in [0, 0.1) is 5.95 Å². The van der Waals surface area contributed by atoms with E-state index in [-0.39, 0.29) is 35.6 Å². The van der Waals surface area contributed by atoms with Crippen LogP contribution in [0.5, 0.6) is 0 Å². The highest BCUT2D eigenvalue weighted by Crippen LogP contribution is 2.29. The summed E-state index contributed by atoms with van der Waals surface area (Å²) in [6.45, 7) is 3.15. The molecule has 0 spiro atoms. The Morgan fingerprint density at radius 2 is 1.73 bits per heavy atom. The molecule has 0 aromatic carbocycles. The van der Waals surface area contributed by atoms with E-state index in [4.69, 9.17) is 0 Å². The van der Waals surface area contributed by atoms with Crippen LogP contribution in [0.3, 0.4) is 0 Å². The highest BCUT2D eigenvalue weighted by Gasteiger charge is 2.32. The molecule has 0 amide bonds. The van der Waals surface area contributed by atoms with Gasteiger partial charge in [-0.1, -0.05) is 6.07 Å². The number of pyridine rings is 2. The van der Waals surface area contributed by atoms with Crippen molar-refractivity contribution >= 4 is 17.6 Å². The van der Waals surface area contributed by atoms with Gasteiger partial charge in [-0.15, -0.1) is 0 Å². The van der Waals surface area contributed by atoms with Crippen molar-refractivity contribution < 1.29 is 22.7 Å². The molecule has 3 aromatic rings. The first-order valence-corrected chi connectivity index (χ1v) is 8.65. The summed E-state index contributed by atoms with van der Waals surface area (Å²) in [6.07, 6.45) is -3.41. The summed E-state index contributed by atoms with van der Waals surface area (Å²) in [6, 6.07) is 5.89. The van der Waals surface area contributed by atoms with Gasteiger partial charge in [0.1, 0.15) is 11.4 Å². The Morgan fingerprint density at radius 1 is 1.00 bits per heavy atom. The van der Waals surface area contributed by atoms with Gasteiger partial charge in [-0.05, 0) is 32.0 Å². The molecule has 12 heteroatoms. The van der Waals surface area contributed by atoms with Crippen LogP contribution >= 0.6 is 0 Å². The van der Waals surface area contributed by atoms with E-state index in [2.05, 4.69) is 35.6 Å². The minimum absolute atomic E-state index is 0.0154. The van der Waals surface area contributed by atoms with Gasteiger partial charge in [-0.2, -0.15) is 32.5 Å². The molecule has 0 fully saturated rings. The molecule has 0 aliphatic heterocycles. The number of hydrogen-bond donors (Lipinski definition) is 3. The first kappa shape index (κ1) is 21.3. The Labute approximate surface area is 168 Å². The fourth-order valence-corrected chi connectivity index (χ4v) is 2.25. The van der Waals surface area contributed by atoms with Gasteiger partial charge in [0.25, 0.3) is 0 Å². The normalized spacial score (nSPS) is 12.0. The van der Waals surface area contributed by atoms with Crippen LogP contribution in [0.15, 0.2) is 36.5 Å². The molecule has 0 bridgehead atoms. The average molecular weight is 423 g/mol. The molecule has 3 aromatic heterocycles. The second-order valence-corrected chi connectivity index (χ2v) is 6.87. The molecule has 3 N–H and O–H groups in total. The molecule has 8 nitrogen and oxygen atoms in total.